The van der Waals surface area contributed by atoms with Gasteiger partial charge in [-0.15, -0.1) is 0 Å². The maximum atomic E-state index is 12.0. The van der Waals surface area contributed by atoms with Gasteiger partial charge >= 0.3 is 0 Å². The van der Waals surface area contributed by atoms with E-state index in [1.807, 2.05) is 25.3 Å². The van der Waals surface area contributed by atoms with Gasteiger partial charge in [0.2, 0.25) is 0 Å². The molecule has 0 aliphatic carbocycles. The summed E-state index contributed by atoms with van der Waals surface area (Å²) in [6.07, 6.45) is 3.24. The van der Waals surface area contributed by atoms with E-state index < -0.39 is 0 Å². The fraction of sp³-hybridized carbons (Fsp3) is 0.167. The monoisotopic (exact) mass is 294 g/mol. The Labute approximate surface area is 119 Å². The molecule has 98 valence electrons. The van der Waals surface area contributed by atoms with Crippen LogP contribution in [0.15, 0.2) is 29.6 Å². The van der Waals surface area contributed by atoms with E-state index in [4.69, 9.17) is 11.6 Å². The topological polar surface area (TPSA) is 67.8 Å². The van der Waals surface area contributed by atoms with Gasteiger partial charge in [-0.3, -0.25) is 4.79 Å². The molecule has 0 aliphatic rings. The van der Waals surface area contributed by atoms with E-state index in [2.05, 4.69) is 20.3 Å². The van der Waals surface area contributed by atoms with E-state index in [0.29, 0.717) is 11.0 Å². The van der Waals surface area contributed by atoms with Crippen LogP contribution in [-0.4, -0.2) is 27.1 Å². The summed E-state index contributed by atoms with van der Waals surface area (Å²) < 4.78 is 0. The van der Waals surface area contributed by atoms with Crippen LogP contribution in [0.2, 0.25) is 5.15 Å². The van der Waals surface area contributed by atoms with E-state index in [9.17, 15) is 4.79 Å². The number of carbonyl (C=O) groups excluding carboxylic acids is 1. The molecule has 0 aliphatic heterocycles. The molecule has 0 spiro atoms. The Kier molecular flexibility index (Phi) is 4.34. The number of aryl methyl sites for hydroxylation is 1. The molecule has 2 heterocycles. The van der Waals surface area contributed by atoms with Crippen LogP contribution < -0.4 is 5.32 Å². The molecule has 1 N–H and O–H groups in total. The number of nitrogens with zero attached hydrogens (tertiary/aromatic N) is 3. The summed E-state index contributed by atoms with van der Waals surface area (Å²) in [5.41, 5.74) is 1.04. The molecule has 2 rings (SSSR count). The Morgan fingerprint density at radius 3 is 2.79 bits per heavy atom. The van der Waals surface area contributed by atoms with Gasteiger partial charge in [0, 0.05) is 11.9 Å². The minimum atomic E-state index is -0.379. The number of pyridine rings is 1. The van der Waals surface area contributed by atoms with E-state index in [-0.39, 0.29) is 16.6 Å². The van der Waals surface area contributed by atoms with Crippen molar-refractivity contribution < 1.29 is 4.79 Å². The summed E-state index contributed by atoms with van der Waals surface area (Å²) in [5.74, 6) is 0.0887. The lowest BCUT2D eigenvalue weighted by atomic mass is 10.3. The maximum Gasteiger partial charge on any atom is 0.261 e. The standard InChI is InChI=1S/C12H11ClN4OS/c1-7-4-3-5-9(15-7)16-11(18)8-6-14-12(19-2)17-10(8)13/h3-6H,1-2H3,(H,15,16,18). The third kappa shape index (κ3) is 3.42. The van der Waals surface area contributed by atoms with Crippen LogP contribution in [0.25, 0.3) is 0 Å². The minimum absolute atomic E-state index is 0.129. The number of anilines is 1. The van der Waals surface area contributed by atoms with Gasteiger partial charge in [0.25, 0.3) is 5.91 Å². The van der Waals surface area contributed by atoms with Gasteiger partial charge in [-0.25, -0.2) is 15.0 Å². The molecule has 0 aromatic carbocycles. The van der Waals surface area contributed by atoms with Crippen LogP contribution in [0.1, 0.15) is 16.1 Å². The quantitative estimate of drug-likeness (QED) is 0.535. The zero-order valence-electron chi connectivity index (χ0n) is 10.3. The van der Waals surface area contributed by atoms with Crippen molar-refractivity contribution in [1.82, 2.24) is 15.0 Å². The average molecular weight is 295 g/mol. The first-order valence-corrected chi connectivity index (χ1v) is 7.02. The Bertz CT molecular complexity index is 620. The largest absolute Gasteiger partial charge is 0.306 e. The number of thioether (sulfide) groups is 1. The second-order valence-corrected chi connectivity index (χ2v) is 4.81. The first-order chi connectivity index (χ1) is 9.10. The van der Waals surface area contributed by atoms with Crippen molar-refractivity contribution in [3.8, 4) is 0 Å². The van der Waals surface area contributed by atoms with Crippen LogP contribution in [-0.2, 0) is 0 Å². The highest BCUT2D eigenvalue weighted by molar-refractivity contribution is 7.98. The first kappa shape index (κ1) is 13.8. The molecular formula is C12H11ClN4OS. The average Bonchev–Trinajstić information content (AvgIpc) is 2.38. The Morgan fingerprint density at radius 1 is 1.37 bits per heavy atom. The number of hydrogen-bond acceptors (Lipinski definition) is 5. The summed E-state index contributed by atoms with van der Waals surface area (Å²) in [7, 11) is 0. The van der Waals surface area contributed by atoms with Crippen LogP contribution in [0.5, 0.6) is 0 Å². The lowest BCUT2D eigenvalue weighted by Gasteiger charge is -2.06. The fourth-order valence-electron chi connectivity index (χ4n) is 1.39. The van der Waals surface area contributed by atoms with Crippen LogP contribution in [0.4, 0.5) is 5.82 Å². The molecule has 7 heteroatoms. The second kappa shape index (κ2) is 5.99. The van der Waals surface area contributed by atoms with Crippen molar-refractivity contribution in [2.75, 3.05) is 11.6 Å². The van der Waals surface area contributed by atoms with Gasteiger partial charge in [0.05, 0.1) is 5.56 Å². The number of halogens is 1. The smallest absolute Gasteiger partial charge is 0.261 e. The van der Waals surface area contributed by atoms with Crippen LogP contribution >= 0.6 is 23.4 Å². The normalized spacial score (nSPS) is 10.3. The molecule has 0 atom stereocenters. The summed E-state index contributed by atoms with van der Waals surface area (Å²) in [6.45, 7) is 1.85. The van der Waals surface area contributed by atoms with Crippen molar-refractivity contribution in [2.24, 2.45) is 0 Å². The van der Waals surface area contributed by atoms with E-state index in [1.54, 1.807) is 6.07 Å². The molecule has 0 bridgehead atoms. The van der Waals surface area contributed by atoms with Gasteiger partial charge in [-0.1, -0.05) is 29.4 Å². The summed E-state index contributed by atoms with van der Waals surface area (Å²) in [6, 6.07) is 5.36. The van der Waals surface area contributed by atoms with Gasteiger partial charge in [-0.2, -0.15) is 0 Å². The molecule has 0 fully saturated rings. The maximum absolute atomic E-state index is 12.0. The number of aromatic nitrogens is 3. The molecule has 2 aromatic rings. The second-order valence-electron chi connectivity index (χ2n) is 3.68. The molecular weight excluding hydrogens is 284 g/mol. The van der Waals surface area contributed by atoms with Crippen molar-refractivity contribution >= 4 is 35.1 Å². The van der Waals surface area contributed by atoms with E-state index in [0.717, 1.165) is 5.69 Å². The lowest BCUT2D eigenvalue weighted by Crippen LogP contribution is -2.14. The van der Waals surface area contributed by atoms with Crippen molar-refractivity contribution in [2.45, 2.75) is 12.1 Å². The third-order valence-corrected chi connectivity index (χ3v) is 3.13. The van der Waals surface area contributed by atoms with E-state index in [1.165, 1.54) is 18.0 Å². The Hall–Kier alpha value is -1.66. The highest BCUT2D eigenvalue weighted by Crippen LogP contribution is 2.17. The van der Waals surface area contributed by atoms with Crippen molar-refractivity contribution in [3.63, 3.8) is 0 Å². The third-order valence-electron chi connectivity index (χ3n) is 2.28. The highest BCUT2D eigenvalue weighted by atomic mass is 35.5. The van der Waals surface area contributed by atoms with Crippen LogP contribution in [0, 0.1) is 6.92 Å². The van der Waals surface area contributed by atoms with Gasteiger partial charge in [-0.05, 0) is 25.3 Å². The molecule has 5 nitrogen and oxygen atoms in total. The van der Waals surface area contributed by atoms with Crippen LogP contribution in [0.3, 0.4) is 0 Å². The SMILES string of the molecule is CSc1ncc(C(=O)Nc2cccc(C)n2)c(Cl)n1. The lowest BCUT2D eigenvalue weighted by molar-refractivity contribution is 0.102. The van der Waals surface area contributed by atoms with Gasteiger partial charge in [0.15, 0.2) is 5.16 Å². The highest BCUT2D eigenvalue weighted by Gasteiger charge is 2.13. The fourth-order valence-corrected chi connectivity index (χ4v) is 2.00. The molecule has 19 heavy (non-hydrogen) atoms. The molecule has 2 aromatic heterocycles. The zero-order valence-corrected chi connectivity index (χ0v) is 11.9. The summed E-state index contributed by atoms with van der Waals surface area (Å²) in [5, 5.41) is 3.31. The first-order valence-electron chi connectivity index (χ1n) is 5.41. The Morgan fingerprint density at radius 2 is 2.16 bits per heavy atom. The molecule has 0 saturated carbocycles. The predicted octanol–water partition coefficient (Wildman–Crippen LogP) is 2.81. The van der Waals surface area contributed by atoms with Crippen molar-refractivity contribution in [3.05, 3.63) is 40.8 Å². The Balaban J connectivity index is 2.20. The predicted molar refractivity (Wildman–Crippen MR) is 75.8 cm³/mol. The molecule has 0 saturated heterocycles. The molecule has 0 radical (unpaired) electrons. The van der Waals surface area contributed by atoms with E-state index >= 15 is 0 Å². The van der Waals surface area contributed by atoms with Crippen molar-refractivity contribution in [1.29, 1.82) is 0 Å². The molecule has 1 amide bonds. The number of nitrogens with one attached hydrogen (secondary N) is 1. The zero-order chi connectivity index (χ0) is 13.8. The van der Waals surface area contributed by atoms with Gasteiger partial charge in [0.1, 0.15) is 11.0 Å². The summed E-state index contributed by atoms with van der Waals surface area (Å²) in [4.78, 5) is 24.2. The number of rotatable bonds is 3. The molecule has 0 unspecified atom stereocenters. The number of carbonyl (C=O) groups is 1. The number of amides is 1. The summed E-state index contributed by atoms with van der Waals surface area (Å²) >= 11 is 7.31. The van der Waals surface area contributed by atoms with Gasteiger partial charge < -0.3 is 5.32 Å². The minimum Gasteiger partial charge on any atom is -0.306 e. The number of hydrogen-bond donors (Lipinski definition) is 1.